The lowest BCUT2D eigenvalue weighted by Gasteiger charge is -2.22. The van der Waals surface area contributed by atoms with Crippen molar-refractivity contribution in [3.8, 4) is 23.2 Å². The van der Waals surface area contributed by atoms with E-state index in [1.807, 2.05) is 0 Å². The summed E-state index contributed by atoms with van der Waals surface area (Å²) in [5, 5.41) is 19.5. The number of nitrogens with zero attached hydrogens (tertiary/aromatic N) is 5. The van der Waals surface area contributed by atoms with E-state index in [9.17, 15) is 23.5 Å². The molecule has 0 unspecified atom stereocenters. The van der Waals surface area contributed by atoms with Crippen molar-refractivity contribution in [3.63, 3.8) is 0 Å². The van der Waals surface area contributed by atoms with Crippen LogP contribution < -0.4 is 5.32 Å². The lowest BCUT2D eigenvalue weighted by atomic mass is 10.1. The van der Waals surface area contributed by atoms with Gasteiger partial charge in [-0.1, -0.05) is 24.0 Å². The van der Waals surface area contributed by atoms with Gasteiger partial charge in [0, 0.05) is 31.4 Å². The van der Waals surface area contributed by atoms with Crippen molar-refractivity contribution in [1.29, 1.82) is 0 Å². The number of carbonyl (C=O) groups excluding carboxylic acids is 1. The van der Waals surface area contributed by atoms with Gasteiger partial charge in [0.1, 0.15) is 0 Å². The fourth-order valence-electron chi connectivity index (χ4n) is 2.97. The van der Waals surface area contributed by atoms with Crippen LogP contribution in [0.4, 0.5) is 19.4 Å². The maximum Gasteiger partial charge on any atom is 0.413 e. The van der Waals surface area contributed by atoms with Gasteiger partial charge in [-0.2, -0.15) is 0 Å². The number of hydrogen-bond acceptors (Lipinski definition) is 7. The number of aryl methyl sites for hydroxylation is 2. The first-order valence-electron chi connectivity index (χ1n) is 10.5. The molecule has 0 aliphatic carbocycles. The van der Waals surface area contributed by atoms with Gasteiger partial charge in [-0.3, -0.25) is 10.3 Å². The molecule has 0 aromatic carbocycles. The number of ether oxygens (including phenoxy) is 1. The van der Waals surface area contributed by atoms with Gasteiger partial charge in [0.05, 0.1) is 22.5 Å². The molecule has 0 spiro atoms. The summed E-state index contributed by atoms with van der Waals surface area (Å²) in [5.41, 5.74) is 1.86. The van der Waals surface area contributed by atoms with E-state index < -0.39 is 30.5 Å². The Morgan fingerprint density at radius 1 is 1.26 bits per heavy atom. The van der Waals surface area contributed by atoms with Gasteiger partial charge in [-0.25, -0.2) is 28.0 Å². The number of hydrogen-bond donors (Lipinski definition) is 2. The number of carboxylic acid groups (broad SMARTS) is 1. The second-order valence-electron chi connectivity index (χ2n) is 7.50. The zero-order chi connectivity index (χ0) is 25.8. The predicted molar refractivity (Wildman–Crippen MR) is 121 cm³/mol. The molecule has 3 aromatic heterocycles. The summed E-state index contributed by atoms with van der Waals surface area (Å²) in [6.07, 6.45) is -0.453. The molecule has 35 heavy (non-hydrogen) atoms. The standard InChI is InChI=1S/C23H22F2N6O4/c1-5-23(24,25)14(3)35-22(34)28-20-19(29-30-31(20)4)18-9-8-15(13(2)27-18)6-7-16-12-26-11-10-17(16)21(32)33/h8-12,14H,5H2,1-4H3,(H,28,34)(H,32,33)/t14-/m1/s1. The van der Waals surface area contributed by atoms with Gasteiger partial charge in [-0.05, 0) is 32.0 Å². The second-order valence-corrected chi connectivity index (χ2v) is 7.50. The molecular formula is C23H22F2N6O4. The zero-order valence-corrected chi connectivity index (χ0v) is 19.3. The highest BCUT2D eigenvalue weighted by Gasteiger charge is 2.37. The number of nitrogens with one attached hydrogen (secondary N) is 1. The van der Waals surface area contributed by atoms with Crippen molar-refractivity contribution in [1.82, 2.24) is 25.0 Å². The number of halogens is 2. The van der Waals surface area contributed by atoms with Crippen molar-refractivity contribution in [2.75, 3.05) is 5.32 Å². The lowest BCUT2D eigenvalue weighted by Crippen LogP contribution is -2.36. The van der Waals surface area contributed by atoms with Crippen LogP contribution in [0.25, 0.3) is 11.4 Å². The average Bonchev–Trinajstić information content (AvgIpc) is 3.18. The minimum absolute atomic E-state index is 0.0305. The van der Waals surface area contributed by atoms with E-state index in [-0.39, 0.29) is 22.6 Å². The molecule has 2 N–H and O–H groups in total. The molecule has 0 saturated heterocycles. The van der Waals surface area contributed by atoms with Crippen LogP contribution in [-0.2, 0) is 11.8 Å². The fourth-order valence-corrected chi connectivity index (χ4v) is 2.97. The van der Waals surface area contributed by atoms with Crippen LogP contribution in [0.5, 0.6) is 0 Å². The third-order valence-corrected chi connectivity index (χ3v) is 5.11. The minimum Gasteiger partial charge on any atom is -0.478 e. The first kappa shape index (κ1) is 25.2. The molecule has 0 bridgehead atoms. The maximum absolute atomic E-state index is 13.7. The first-order chi connectivity index (χ1) is 16.5. The molecule has 0 saturated carbocycles. The van der Waals surface area contributed by atoms with Gasteiger partial charge in [-0.15, -0.1) is 5.10 Å². The largest absolute Gasteiger partial charge is 0.478 e. The van der Waals surface area contributed by atoms with E-state index >= 15 is 0 Å². The van der Waals surface area contributed by atoms with Crippen molar-refractivity contribution >= 4 is 17.9 Å². The molecule has 0 radical (unpaired) electrons. The summed E-state index contributed by atoms with van der Waals surface area (Å²) in [6.45, 7) is 4.10. The number of aromatic carboxylic acids is 1. The van der Waals surface area contributed by atoms with Crippen molar-refractivity contribution < 1.29 is 28.2 Å². The monoisotopic (exact) mass is 484 g/mol. The fraction of sp³-hybridized carbons (Fsp3) is 0.304. The van der Waals surface area contributed by atoms with E-state index in [4.69, 9.17) is 4.74 Å². The average molecular weight is 484 g/mol. The third-order valence-electron chi connectivity index (χ3n) is 5.11. The summed E-state index contributed by atoms with van der Waals surface area (Å²) < 4.78 is 33.5. The van der Waals surface area contributed by atoms with E-state index in [2.05, 4.69) is 37.4 Å². The van der Waals surface area contributed by atoms with Crippen LogP contribution in [-0.4, -0.2) is 54.2 Å². The molecule has 1 atom stereocenters. The van der Waals surface area contributed by atoms with Crippen LogP contribution in [0.3, 0.4) is 0 Å². The first-order valence-corrected chi connectivity index (χ1v) is 10.5. The van der Waals surface area contributed by atoms with E-state index in [1.165, 1.54) is 37.1 Å². The molecular weight excluding hydrogens is 462 g/mol. The Hall–Kier alpha value is -4.40. The number of alkyl halides is 2. The number of anilines is 1. The third kappa shape index (κ3) is 5.75. The molecule has 3 aromatic rings. The predicted octanol–water partition coefficient (Wildman–Crippen LogP) is 3.66. The van der Waals surface area contributed by atoms with E-state index in [0.717, 1.165) is 6.92 Å². The van der Waals surface area contributed by atoms with Gasteiger partial charge >= 0.3 is 12.1 Å². The Labute approximate surface area is 199 Å². The Kier molecular flexibility index (Phi) is 7.39. The Balaban J connectivity index is 1.84. The smallest absolute Gasteiger partial charge is 0.413 e. The van der Waals surface area contributed by atoms with Crippen molar-refractivity contribution in [3.05, 3.63) is 53.0 Å². The highest BCUT2D eigenvalue weighted by molar-refractivity contribution is 5.90. The number of carboxylic acids is 1. The number of rotatable bonds is 6. The molecule has 1 amide bonds. The van der Waals surface area contributed by atoms with Crippen LogP contribution in [0.15, 0.2) is 30.6 Å². The molecule has 0 aliphatic rings. The molecule has 182 valence electrons. The number of carbonyl (C=O) groups is 2. The number of aromatic nitrogens is 5. The zero-order valence-electron chi connectivity index (χ0n) is 19.3. The number of amides is 1. The molecule has 3 rings (SSSR count). The topological polar surface area (TPSA) is 132 Å². The van der Waals surface area contributed by atoms with Gasteiger partial charge < -0.3 is 9.84 Å². The van der Waals surface area contributed by atoms with Crippen molar-refractivity contribution in [2.45, 2.75) is 39.2 Å². The molecule has 0 aliphatic heterocycles. The SMILES string of the molecule is CCC(F)(F)[C@@H](C)OC(=O)Nc1c(-c2ccc(C#Cc3cnccc3C(=O)O)c(C)n2)nnn1C. The summed E-state index contributed by atoms with van der Waals surface area (Å²) in [5.74, 6) is 1.49. The number of pyridine rings is 2. The maximum atomic E-state index is 13.7. The van der Waals surface area contributed by atoms with Crippen LogP contribution >= 0.6 is 0 Å². The minimum atomic E-state index is -3.17. The van der Waals surface area contributed by atoms with Gasteiger partial charge in [0.25, 0.3) is 5.92 Å². The molecule has 12 heteroatoms. The van der Waals surface area contributed by atoms with E-state index in [1.54, 1.807) is 19.1 Å². The van der Waals surface area contributed by atoms with Gasteiger partial charge in [0.2, 0.25) is 0 Å². The molecule has 3 heterocycles. The highest BCUT2D eigenvalue weighted by atomic mass is 19.3. The quantitative estimate of drug-likeness (QED) is 0.507. The summed E-state index contributed by atoms with van der Waals surface area (Å²) in [6, 6.07) is 4.60. The van der Waals surface area contributed by atoms with Gasteiger partial charge in [0.15, 0.2) is 17.6 Å². The molecule has 0 fully saturated rings. The summed E-state index contributed by atoms with van der Waals surface area (Å²) in [7, 11) is 1.51. The second kappa shape index (κ2) is 10.3. The Morgan fingerprint density at radius 2 is 1.97 bits per heavy atom. The van der Waals surface area contributed by atoms with E-state index in [0.29, 0.717) is 17.0 Å². The van der Waals surface area contributed by atoms with Crippen LogP contribution in [0, 0.1) is 18.8 Å². The molecule has 10 nitrogen and oxygen atoms in total. The summed E-state index contributed by atoms with van der Waals surface area (Å²) in [4.78, 5) is 31.9. The Morgan fingerprint density at radius 3 is 2.63 bits per heavy atom. The van der Waals surface area contributed by atoms with Crippen molar-refractivity contribution in [2.24, 2.45) is 7.05 Å². The normalized spacial score (nSPS) is 11.8. The van der Waals surface area contributed by atoms with Crippen LogP contribution in [0.2, 0.25) is 0 Å². The summed E-state index contributed by atoms with van der Waals surface area (Å²) >= 11 is 0. The highest BCUT2D eigenvalue weighted by Crippen LogP contribution is 2.27. The lowest BCUT2D eigenvalue weighted by molar-refractivity contribution is -0.102. The van der Waals surface area contributed by atoms with Crippen LogP contribution in [0.1, 0.15) is 47.4 Å². The Bertz CT molecular complexity index is 1330.